The van der Waals surface area contributed by atoms with Crippen LogP contribution in [0.25, 0.3) is 23.0 Å². The summed E-state index contributed by atoms with van der Waals surface area (Å²) in [7, 11) is 0. The van der Waals surface area contributed by atoms with Gasteiger partial charge in [0.25, 0.3) is 0 Å². The SMILES string of the molecule is O.O.O=[N+]([O-])[O-].O=[N+]([O-])[O-].[Cu+2].[Cu+2].[OH3+].[OH3+].c1ccc(-c2n[n-]c(Cn3cncn3)n2)nc1.c1ccc(-c2nnc(Cn3cncn3)[n-]2)nc1. The summed E-state index contributed by atoms with van der Waals surface area (Å²) >= 11 is 0. The summed E-state index contributed by atoms with van der Waals surface area (Å²) in [5, 5.41) is 53.4. The Morgan fingerprint density at radius 1 is 0.708 bits per heavy atom. The van der Waals surface area contributed by atoms with E-state index in [0.29, 0.717) is 47.8 Å². The minimum Gasteiger partial charge on any atom is -0.457 e. The normalized spacial score (nSPS) is 8.50. The van der Waals surface area contributed by atoms with Gasteiger partial charge in [-0.1, -0.05) is 12.1 Å². The molecule has 0 saturated carbocycles. The molecule has 6 aromatic rings. The fourth-order valence-corrected chi connectivity index (χ4v) is 2.80. The molecule has 0 fully saturated rings. The summed E-state index contributed by atoms with van der Waals surface area (Å²) in [4.78, 5) is 41.1. The Hall–Kier alpha value is -5.86. The molecular weight excluding hydrogens is 751 g/mol. The zero-order valence-electron chi connectivity index (χ0n) is 23.7. The second-order valence-electron chi connectivity index (χ2n) is 7.17. The minimum atomic E-state index is -1.75. The summed E-state index contributed by atoms with van der Waals surface area (Å²) in [5.41, 5.74) is 1.43. The van der Waals surface area contributed by atoms with E-state index in [1.807, 2.05) is 36.4 Å². The molecule has 28 heteroatoms. The Kier molecular flexibility index (Phi) is 26.9. The molecule has 0 bridgehead atoms. The zero-order chi connectivity index (χ0) is 30.2. The van der Waals surface area contributed by atoms with Crippen LogP contribution < -0.4 is 10.1 Å². The zero-order valence-corrected chi connectivity index (χ0v) is 25.6. The van der Waals surface area contributed by atoms with Crippen LogP contribution in [0.4, 0.5) is 0 Å². The van der Waals surface area contributed by atoms with Gasteiger partial charge in [-0.05, 0) is 30.1 Å². The van der Waals surface area contributed by atoms with Gasteiger partial charge in [-0.3, -0.25) is 15.1 Å². The first kappa shape index (κ1) is 49.0. The monoisotopic (exact) mass is 776 g/mol. The van der Waals surface area contributed by atoms with E-state index in [9.17, 15) is 0 Å². The largest absolute Gasteiger partial charge is 2.00 e. The van der Waals surface area contributed by atoms with E-state index in [0.717, 1.165) is 0 Å². The molecule has 0 spiro atoms. The van der Waals surface area contributed by atoms with Gasteiger partial charge < -0.3 is 77.8 Å². The van der Waals surface area contributed by atoms with Gasteiger partial charge in [0.1, 0.15) is 25.3 Å². The van der Waals surface area contributed by atoms with E-state index in [-0.39, 0.29) is 56.0 Å². The summed E-state index contributed by atoms with van der Waals surface area (Å²) in [6.07, 6.45) is 9.55. The van der Waals surface area contributed by atoms with Gasteiger partial charge >= 0.3 is 34.1 Å². The number of rotatable bonds is 6. The smallest absolute Gasteiger partial charge is 0.457 e. The molecule has 48 heavy (non-hydrogen) atoms. The average molecular weight is 778 g/mol. The summed E-state index contributed by atoms with van der Waals surface area (Å²) in [6.45, 7) is 0.916. The maximum Gasteiger partial charge on any atom is 2.00 e. The molecule has 0 aromatic carbocycles. The van der Waals surface area contributed by atoms with Gasteiger partial charge in [-0.2, -0.15) is 10.2 Å². The van der Waals surface area contributed by atoms with Gasteiger partial charge in [0.2, 0.25) is 0 Å². The first-order valence-electron chi connectivity index (χ1n) is 11.1. The van der Waals surface area contributed by atoms with E-state index in [1.165, 1.54) is 12.7 Å². The first-order chi connectivity index (χ1) is 20.3. The van der Waals surface area contributed by atoms with E-state index < -0.39 is 10.2 Å². The number of aromatic nitrogens is 14. The van der Waals surface area contributed by atoms with Gasteiger partial charge in [0, 0.05) is 24.0 Å². The van der Waals surface area contributed by atoms with Crippen molar-refractivity contribution in [1.29, 1.82) is 0 Å². The van der Waals surface area contributed by atoms with Gasteiger partial charge in [-0.15, -0.1) is 0 Å². The summed E-state index contributed by atoms with van der Waals surface area (Å²) in [6, 6.07) is 11.1. The molecule has 0 aliphatic rings. The molecule has 0 amide bonds. The maximum absolute atomic E-state index is 8.25. The molecular formula is C20H26Cu2N16O10+2. The molecule has 10 N–H and O–H groups in total. The van der Waals surface area contributed by atoms with Crippen LogP contribution in [0.15, 0.2) is 74.1 Å². The van der Waals surface area contributed by atoms with E-state index >= 15 is 0 Å². The third-order valence-corrected chi connectivity index (χ3v) is 4.32. The summed E-state index contributed by atoms with van der Waals surface area (Å²) < 4.78 is 3.28. The quantitative estimate of drug-likeness (QED) is 0.0679. The molecule has 0 atom stereocenters. The van der Waals surface area contributed by atoms with Crippen molar-refractivity contribution >= 4 is 0 Å². The van der Waals surface area contributed by atoms with Crippen LogP contribution >= 0.6 is 0 Å². The van der Waals surface area contributed by atoms with E-state index in [1.54, 1.807) is 34.4 Å². The fraction of sp³-hybridized carbons (Fsp3) is 0.100. The third-order valence-electron chi connectivity index (χ3n) is 4.32. The minimum absolute atomic E-state index is 0. The van der Waals surface area contributed by atoms with Crippen molar-refractivity contribution in [2.24, 2.45) is 0 Å². The van der Waals surface area contributed by atoms with Gasteiger partial charge in [0.15, 0.2) is 0 Å². The van der Waals surface area contributed by atoms with Crippen molar-refractivity contribution < 1.29 is 66.2 Å². The number of pyridine rings is 2. The molecule has 0 aliphatic heterocycles. The second-order valence-corrected chi connectivity index (χ2v) is 7.17. The van der Waals surface area contributed by atoms with Crippen LogP contribution in [-0.2, 0) is 58.2 Å². The van der Waals surface area contributed by atoms with Crippen LogP contribution in [-0.4, -0.2) is 80.9 Å². The first-order valence-corrected chi connectivity index (χ1v) is 11.1. The van der Waals surface area contributed by atoms with Gasteiger partial charge in [0.05, 0.1) is 40.5 Å². The molecule has 0 aliphatic carbocycles. The van der Waals surface area contributed by atoms with Crippen molar-refractivity contribution in [1.82, 2.24) is 69.9 Å². The topological polar surface area (TPSA) is 428 Å². The maximum atomic E-state index is 8.25. The Morgan fingerprint density at radius 3 is 1.62 bits per heavy atom. The fourth-order valence-electron chi connectivity index (χ4n) is 2.80. The molecule has 6 heterocycles. The van der Waals surface area contributed by atoms with Crippen molar-refractivity contribution in [2.45, 2.75) is 13.1 Å². The molecule has 266 valence electrons. The van der Waals surface area contributed by atoms with Crippen molar-refractivity contribution in [3.63, 3.8) is 0 Å². The molecule has 2 radical (unpaired) electrons. The molecule has 0 saturated heterocycles. The van der Waals surface area contributed by atoms with Crippen LogP contribution in [0.5, 0.6) is 0 Å². The van der Waals surface area contributed by atoms with E-state index in [4.69, 9.17) is 30.6 Å². The van der Waals surface area contributed by atoms with Crippen LogP contribution in [0.3, 0.4) is 0 Å². The Labute approximate surface area is 288 Å². The molecule has 6 aromatic heterocycles. The molecule has 6 rings (SSSR count). The number of hydrogen-bond donors (Lipinski definition) is 0. The molecule has 26 nitrogen and oxygen atoms in total. The van der Waals surface area contributed by atoms with Crippen LogP contribution in [0.2, 0.25) is 0 Å². The number of nitrogens with zero attached hydrogens (tertiary/aromatic N) is 16. The standard InChI is InChI=1S/2C10H8N7.2Cu.2NO3.4H2O/c2*1-2-4-12-8(3-1)10-14-9(15-16-10)5-17-7-11-6-13-17;;;2*2-1(3)4;;;;/h2*1-4,6-7H,5H2;;;;;4*1H2/q2*-1;2*+2;2*-1;;;;/p+2. The predicted molar refractivity (Wildman–Crippen MR) is 153 cm³/mol. The second kappa shape index (κ2) is 26.4. The van der Waals surface area contributed by atoms with Gasteiger partial charge in [-0.25, -0.2) is 19.3 Å². The predicted octanol–water partition coefficient (Wildman–Crippen LogP) is -3.71. The summed E-state index contributed by atoms with van der Waals surface area (Å²) in [5.74, 6) is 2.24. The third kappa shape index (κ3) is 18.2. The van der Waals surface area contributed by atoms with Crippen molar-refractivity contribution in [3.05, 3.63) is 116 Å². The Morgan fingerprint density at radius 2 is 1.19 bits per heavy atom. The molecule has 0 unspecified atom stereocenters. The average Bonchev–Trinajstić information content (AvgIpc) is 3.79. The van der Waals surface area contributed by atoms with Crippen LogP contribution in [0.1, 0.15) is 11.6 Å². The Bertz CT molecular complexity index is 1500. The van der Waals surface area contributed by atoms with Crippen molar-refractivity contribution in [3.8, 4) is 23.0 Å². The van der Waals surface area contributed by atoms with E-state index in [2.05, 4.69) is 60.5 Å². The number of hydrogen-bond acceptors (Lipinski definition) is 16. The Balaban J connectivity index is -0.000000300. The van der Waals surface area contributed by atoms with Crippen molar-refractivity contribution in [2.75, 3.05) is 0 Å². The van der Waals surface area contributed by atoms with Crippen LogP contribution in [0, 0.1) is 30.6 Å².